The number of nitrogens with zero attached hydrogens (tertiary/aromatic N) is 1. The van der Waals surface area contributed by atoms with Gasteiger partial charge in [-0.1, -0.05) is 0 Å². The van der Waals surface area contributed by atoms with E-state index in [1.807, 2.05) is 27.7 Å². The summed E-state index contributed by atoms with van der Waals surface area (Å²) in [5.41, 5.74) is -0.708. The molecule has 1 atom stereocenters. The first-order valence-electron chi connectivity index (χ1n) is 4.27. The third kappa shape index (κ3) is 1.17. The predicted octanol–water partition coefficient (Wildman–Crippen LogP) is 1.45. The summed E-state index contributed by atoms with van der Waals surface area (Å²) in [4.78, 5) is 10.7. The van der Waals surface area contributed by atoms with Crippen molar-refractivity contribution >= 4 is 6.29 Å². The van der Waals surface area contributed by atoms with Crippen molar-refractivity contribution in [1.29, 1.82) is 0 Å². The summed E-state index contributed by atoms with van der Waals surface area (Å²) in [6.07, 6.45) is 1.66. The highest BCUT2D eigenvalue weighted by Crippen LogP contribution is 2.42. The van der Waals surface area contributed by atoms with Gasteiger partial charge in [0.15, 0.2) is 0 Å². The minimum absolute atomic E-state index is 0.0718. The number of hydrogen-bond donors (Lipinski definition) is 1. The van der Waals surface area contributed by atoms with Crippen molar-refractivity contribution in [2.45, 2.75) is 45.2 Å². The molecule has 0 spiro atoms. The Labute approximate surface area is 73.3 Å². The number of carbonyl (C=O) groups is 1. The van der Waals surface area contributed by atoms with E-state index in [2.05, 4.69) is 0 Å². The Morgan fingerprint density at radius 3 is 2.08 bits per heavy atom. The van der Waals surface area contributed by atoms with Gasteiger partial charge in [-0.15, -0.1) is 0 Å². The highest BCUT2D eigenvalue weighted by molar-refractivity contribution is 5.57. The number of hydrogen-bond acceptors (Lipinski definition) is 3. The molecular weight excluding hydrogens is 154 g/mol. The number of rotatable bonds is 1. The second kappa shape index (κ2) is 2.54. The van der Waals surface area contributed by atoms with Crippen LogP contribution in [-0.2, 0) is 4.79 Å². The van der Waals surface area contributed by atoms with Crippen LogP contribution in [0.15, 0.2) is 0 Å². The van der Waals surface area contributed by atoms with Crippen molar-refractivity contribution in [2.75, 3.05) is 0 Å². The lowest BCUT2D eigenvalue weighted by molar-refractivity contribution is -0.196. The third-order valence-corrected chi connectivity index (χ3v) is 2.91. The zero-order valence-electron chi connectivity index (χ0n) is 8.16. The van der Waals surface area contributed by atoms with Crippen LogP contribution in [-0.4, -0.2) is 27.6 Å². The van der Waals surface area contributed by atoms with E-state index in [0.29, 0.717) is 0 Å². The highest BCUT2D eigenvalue weighted by atomic mass is 16.5. The molecule has 70 valence electrons. The molecule has 1 aliphatic heterocycles. The Balaban J connectivity index is 2.95. The molecule has 1 aliphatic rings. The molecule has 1 fully saturated rings. The summed E-state index contributed by atoms with van der Waals surface area (Å²) < 4.78 is 0. The van der Waals surface area contributed by atoms with Gasteiger partial charge < -0.3 is 10.0 Å². The second-order valence-electron chi connectivity index (χ2n) is 4.72. The summed E-state index contributed by atoms with van der Waals surface area (Å²) in [6.45, 7) is 7.66. The molecule has 1 unspecified atom stereocenters. The average molecular weight is 171 g/mol. The van der Waals surface area contributed by atoms with Gasteiger partial charge in [-0.2, -0.15) is 5.06 Å². The molecule has 1 N–H and O–H groups in total. The van der Waals surface area contributed by atoms with E-state index in [1.165, 1.54) is 5.06 Å². The van der Waals surface area contributed by atoms with Crippen LogP contribution in [0, 0.1) is 5.92 Å². The molecule has 1 rings (SSSR count). The predicted molar refractivity (Wildman–Crippen MR) is 46.0 cm³/mol. The highest BCUT2D eigenvalue weighted by Gasteiger charge is 2.51. The van der Waals surface area contributed by atoms with Gasteiger partial charge in [0.1, 0.15) is 6.29 Å². The van der Waals surface area contributed by atoms with E-state index >= 15 is 0 Å². The summed E-state index contributed by atoms with van der Waals surface area (Å²) >= 11 is 0. The Morgan fingerprint density at radius 1 is 1.42 bits per heavy atom. The van der Waals surface area contributed by atoms with Gasteiger partial charge in [-0.3, -0.25) is 0 Å². The third-order valence-electron chi connectivity index (χ3n) is 2.91. The van der Waals surface area contributed by atoms with Crippen molar-refractivity contribution < 1.29 is 10.0 Å². The van der Waals surface area contributed by atoms with Crippen LogP contribution in [0.5, 0.6) is 0 Å². The van der Waals surface area contributed by atoms with Crippen LogP contribution < -0.4 is 0 Å². The van der Waals surface area contributed by atoms with E-state index in [9.17, 15) is 10.0 Å². The van der Waals surface area contributed by atoms with Crippen LogP contribution in [0.1, 0.15) is 34.1 Å². The molecule has 0 amide bonds. The molecule has 0 aromatic carbocycles. The molecule has 3 nitrogen and oxygen atoms in total. The Morgan fingerprint density at radius 2 is 1.92 bits per heavy atom. The Kier molecular flexibility index (Phi) is 2.05. The molecule has 0 saturated carbocycles. The lowest BCUT2D eigenvalue weighted by atomic mass is 9.88. The minimum Gasteiger partial charge on any atom is -0.313 e. The molecule has 3 heteroatoms. The van der Waals surface area contributed by atoms with Gasteiger partial charge in [0.05, 0.1) is 5.54 Å². The average Bonchev–Trinajstić information content (AvgIpc) is 2.11. The zero-order valence-corrected chi connectivity index (χ0v) is 8.16. The standard InChI is InChI=1S/C9H17NO2/c1-8(2)5-7(6-11)9(3,4)10(8)12/h6-7,12H,5H2,1-4H3. The van der Waals surface area contributed by atoms with E-state index in [1.54, 1.807) is 0 Å². The maximum atomic E-state index is 10.7. The maximum absolute atomic E-state index is 10.7. The van der Waals surface area contributed by atoms with Crippen LogP contribution in [0.4, 0.5) is 0 Å². The van der Waals surface area contributed by atoms with Crippen LogP contribution >= 0.6 is 0 Å². The van der Waals surface area contributed by atoms with Gasteiger partial charge in [-0.25, -0.2) is 0 Å². The lowest BCUT2D eigenvalue weighted by Crippen LogP contribution is -2.47. The molecular formula is C9H17NO2. The van der Waals surface area contributed by atoms with Crippen molar-refractivity contribution in [3.8, 4) is 0 Å². The van der Waals surface area contributed by atoms with E-state index < -0.39 is 5.54 Å². The second-order valence-corrected chi connectivity index (χ2v) is 4.72. The fourth-order valence-electron chi connectivity index (χ4n) is 2.03. The molecule has 0 aromatic rings. The van der Waals surface area contributed by atoms with Crippen LogP contribution in [0.3, 0.4) is 0 Å². The van der Waals surface area contributed by atoms with Crippen molar-refractivity contribution in [3.63, 3.8) is 0 Å². The molecule has 1 heterocycles. The molecule has 0 bridgehead atoms. The van der Waals surface area contributed by atoms with E-state index in [0.717, 1.165) is 12.7 Å². The lowest BCUT2D eigenvalue weighted by Gasteiger charge is -2.34. The van der Waals surface area contributed by atoms with E-state index in [-0.39, 0.29) is 11.5 Å². The smallest absolute Gasteiger partial charge is 0.125 e. The van der Waals surface area contributed by atoms with Crippen LogP contribution in [0.25, 0.3) is 0 Å². The van der Waals surface area contributed by atoms with Gasteiger partial charge >= 0.3 is 0 Å². The minimum atomic E-state index is -0.425. The monoisotopic (exact) mass is 171 g/mol. The van der Waals surface area contributed by atoms with Gasteiger partial charge in [0.2, 0.25) is 0 Å². The fourth-order valence-corrected chi connectivity index (χ4v) is 2.03. The zero-order chi connectivity index (χ0) is 9.57. The van der Waals surface area contributed by atoms with Crippen molar-refractivity contribution in [2.24, 2.45) is 5.92 Å². The quantitative estimate of drug-likeness (QED) is 0.607. The summed E-state index contributed by atoms with van der Waals surface area (Å²) in [6, 6.07) is 0. The summed E-state index contributed by atoms with van der Waals surface area (Å²) in [5.74, 6) is -0.0718. The number of aldehydes is 1. The first kappa shape index (κ1) is 9.68. The number of hydroxylamine groups is 2. The normalized spacial score (nSPS) is 33.6. The van der Waals surface area contributed by atoms with Crippen molar-refractivity contribution in [3.05, 3.63) is 0 Å². The Bertz CT molecular complexity index is 199. The fraction of sp³-hybridized carbons (Fsp3) is 0.889. The van der Waals surface area contributed by atoms with Gasteiger partial charge in [0, 0.05) is 11.5 Å². The Hall–Kier alpha value is -0.410. The molecule has 1 saturated heterocycles. The maximum Gasteiger partial charge on any atom is 0.125 e. The van der Waals surface area contributed by atoms with Gasteiger partial charge in [0.25, 0.3) is 0 Å². The van der Waals surface area contributed by atoms with Crippen LogP contribution in [0.2, 0.25) is 0 Å². The summed E-state index contributed by atoms with van der Waals surface area (Å²) in [7, 11) is 0. The number of carbonyl (C=O) groups excluding carboxylic acids is 1. The van der Waals surface area contributed by atoms with Crippen molar-refractivity contribution in [1.82, 2.24) is 5.06 Å². The summed E-state index contributed by atoms with van der Waals surface area (Å²) in [5, 5.41) is 11.1. The SMILES string of the molecule is CC1(C)CC(C=O)C(C)(C)N1O. The molecule has 12 heavy (non-hydrogen) atoms. The molecule has 0 aliphatic carbocycles. The first-order valence-corrected chi connectivity index (χ1v) is 4.27. The van der Waals surface area contributed by atoms with E-state index in [4.69, 9.17) is 0 Å². The van der Waals surface area contributed by atoms with Gasteiger partial charge in [-0.05, 0) is 34.1 Å². The largest absolute Gasteiger partial charge is 0.313 e. The molecule has 0 aromatic heterocycles. The molecule has 0 radical (unpaired) electrons. The first-order chi connectivity index (χ1) is 5.32. The topological polar surface area (TPSA) is 40.5 Å².